The van der Waals surface area contributed by atoms with Gasteiger partial charge in [-0.05, 0) is 63.4 Å². The lowest BCUT2D eigenvalue weighted by molar-refractivity contribution is 0.0959. The maximum absolute atomic E-state index is 4.62. The van der Waals surface area contributed by atoms with E-state index in [1.54, 1.807) is 0 Å². The SMILES string of the molecule is CCn1ccnc1CN1CCCC12CCN(c1ccc3ncccc3c1)CC2. The predicted molar refractivity (Wildman–Crippen MR) is 113 cm³/mol. The number of nitrogens with zero attached hydrogens (tertiary/aromatic N) is 5. The monoisotopic (exact) mass is 375 g/mol. The van der Waals surface area contributed by atoms with Gasteiger partial charge in [0, 0.05) is 54.8 Å². The van der Waals surface area contributed by atoms with E-state index in [2.05, 4.69) is 61.7 Å². The quantitative estimate of drug-likeness (QED) is 0.688. The molecule has 0 radical (unpaired) electrons. The van der Waals surface area contributed by atoms with Crippen LogP contribution >= 0.6 is 0 Å². The molecule has 2 fully saturated rings. The highest BCUT2D eigenvalue weighted by Crippen LogP contribution is 2.40. The summed E-state index contributed by atoms with van der Waals surface area (Å²) in [4.78, 5) is 14.4. The molecule has 4 heterocycles. The summed E-state index contributed by atoms with van der Waals surface area (Å²) in [7, 11) is 0. The van der Waals surface area contributed by atoms with E-state index in [0.29, 0.717) is 5.54 Å². The molecule has 5 rings (SSSR count). The van der Waals surface area contributed by atoms with E-state index in [0.717, 1.165) is 31.7 Å². The molecule has 1 spiro atoms. The van der Waals surface area contributed by atoms with Crippen LogP contribution in [0.1, 0.15) is 38.4 Å². The number of piperidine rings is 1. The maximum Gasteiger partial charge on any atom is 0.122 e. The van der Waals surface area contributed by atoms with Gasteiger partial charge in [-0.2, -0.15) is 0 Å². The molecule has 28 heavy (non-hydrogen) atoms. The highest BCUT2D eigenvalue weighted by atomic mass is 15.3. The Bertz CT molecular complexity index is 954. The van der Waals surface area contributed by atoms with Crippen LogP contribution in [-0.4, -0.2) is 44.6 Å². The highest BCUT2D eigenvalue weighted by Gasteiger charge is 2.43. The van der Waals surface area contributed by atoms with Gasteiger partial charge in [-0.1, -0.05) is 6.07 Å². The van der Waals surface area contributed by atoms with Crippen LogP contribution in [0.4, 0.5) is 5.69 Å². The lowest BCUT2D eigenvalue weighted by atomic mass is 9.84. The number of anilines is 1. The number of hydrogen-bond acceptors (Lipinski definition) is 4. The number of benzene rings is 1. The van der Waals surface area contributed by atoms with Crippen LogP contribution in [0.5, 0.6) is 0 Å². The number of aryl methyl sites for hydroxylation is 1. The summed E-state index contributed by atoms with van der Waals surface area (Å²) < 4.78 is 2.28. The van der Waals surface area contributed by atoms with Gasteiger partial charge in [0.1, 0.15) is 5.82 Å². The zero-order valence-corrected chi connectivity index (χ0v) is 16.7. The van der Waals surface area contributed by atoms with Crippen molar-refractivity contribution in [2.24, 2.45) is 0 Å². The first kappa shape index (κ1) is 17.7. The number of aromatic nitrogens is 3. The third-order valence-electron chi connectivity index (χ3n) is 6.86. The largest absolute Gasteiger partial charge is 0.371 e. The van der Waals surface area contributed by atoms with E-state index in [9.17, 15) is 0 Å². The Labute approximate surface area is 167 Å². The van der Waals surface area contributed by atoms with Crippen LogP contribution in [0, 0.1) is 0 Å². The first-order valence-corrected chi connectivity index (χ1v) is 10.6. The van der Waals surface area contributed by atoms with E-state index in [4.69, 9.17) is 0 Å². The Morgan fingerprint density at radius 1 is 1.00 bits per heavy atom. The molecule has 2 saturated heterocycles. The van der Waals surface area contributed by atoms with Gasteiger partial charge in [0.15, 0.2) is 0 Å². The van der Waals surface area contributed by atoms with Crippen LogP contribution in [0.15, 0.2) is 48.9 Å². The molecular formula is C23H29N5. The number of imidazole rings is 1. The van der Waals surface area contributed by atoms with E-state index >= 15 is 0 Å². The lowest BCUT2D eigenvalue weighted by Gasteiger charge is -2.45. The van der Waals surface area contributed by atoms with Crippen LogP contribution in [0.3, 0.4) is 0 Å². The van der Waals surface area contributed by atoms with Crippen LogP contribution < -0.4 is 4.90 Å². The molecule has 146 valence electrons. The smallest absolute Gasteiger partial charge is 0.122 e. The van der Waals surface area contributed by atoms with Crippen molar-refractivity contribution in [1.29, 1.82) is 0 Å². The minimum atomic E-state index is 0.361. The van der Waals surface area contributed by atoms with E-state index in [1.165, 1.54) is 49.1 Å². The highest BCUT2D eigenvalue weighted by molar-refractivity contribution is 5.82. The first-order chi connectivity index (χ1) is 13.8. The van der Waals surface area contributed by atoms with Crippen molar-refractivity contribution < 1.29 is 0 Å². The van der Waals surface area contributed by atoms with Gasteiger partial charge in [-0.3, -0.25) is 9.88 Å². The Morgan fingerprint density at radius 3 is 2.75 bits per heavy atom. The maximum atomic E-state index is 4.62. The standard InChI is InChI=1S/C23H29N5/c1-2-26-16-12-25-22(26)18-28-13-4-8-23(28)9-14-27(15-10-23)20-6-7-21-19(17-20)5-3-11-24-21/h3,5-7,11-12,16-17H,2,4,8-10,13-15,18H2,1H3. The van der Waals surface area contributed by atoms with Crippen molar-refractivity contribution in [3.63, 3.8) is 0 Å². The summed E-state index contributed by atoms with van der Waals surface area (Å²) in [6.07, 6.45) is 11.0. The van der Waals surface area contributed by atoms with E-state index < -0.39 is 0 Å². The molecular weight excluding hydrogens is 346 g/mol. The van der Waals surface area contributed by atoms with Crippen molar-refractivity contribution in [1.82, 2.24) is 19.4 Å². The summed E-state index contributed by atoms with van der Waals surface area (Å²) in [6, 6.07) is 10.9. The van der Waals surface area contributed by atoms with Crippen LogP contribution in [0.25, 0.3) is 10.9 Å². The lowest BCUT2D eigenvalue weighted by Crippen LogP contribution is -2.52. The van der Waals surface area contributed by atoms with Gasteiger partial charge in [-0.25, -0.2) is 4.98 Å². The molecule has 3 aromatic rings. The summed E-state index contributed by atoms with van der Waals surface area (Å²) in [5.74, 6) is 1.22. The zero-order chi connectivity index (χ0) is 19.0. The van der Waals surface area contributed by atoms with Gasteiger partial charge in [0.25, 0.3) is 0 Å². The fraction of sp³-hybridized carbons (Fsp3) is 0.478. The van der Waals surface area contributed by atoms with Crippen LogP contribution in [-0.2, 0) is 13.1 Å². The van der Waals surface area contributed by atoms with Crippen molar-refractivity contribution in [3.8, 4) is 0 Å². The number of likely N-dealkylation sites (tertiary alicyclic amines) is 1. The number of rotatable bonds is 4. The summed E-state index contributed by atoms with van der Waals surface area (Å²) >= 11 is 0. The normalized spacial score (nSPS) is 19.7. The van der Waals surface area contributed by atoms with Crippen molar-refractivity contribution in [2.75, 3.05) is 24.5 Å². The molecule has 1 aromatic carbocycles. The predicted octanol–water partition coefficient (Wildman–Crippen LogP) is 4.09. The van der Waals surface area contributed by atoms with Gasteiger partial charge >= 0.3 is 0 Å². The Balaban J connectivity index is 1.30. The molecule has 2 aromatic heterocycles. The molecule has 5 nitrogen and oxygen atoms in total. The van der Waals surface area contributed by atoms with E-state index in [-0.39, 0.29) is 0 Å². The molecule has 5 heteroatoms. The van der Waals surface area contributed by atoms with Crippen molar-refractivity contribution in [3.05, 3.63) is 54.7 Å². The molecule has 2 aliphatic rings. The summed E-state index contributed by atoms with van der Waals surface area (Å²) in [6.45, 7) is 7.65. The molecule has 0 N–H and O–H groups in total. The molecule has 0 bridgehead atoms. The van der Waals surface area contributed by atoms with Crippen molar-refractivity contribution in [2.45, 2.75) is 51.2 Å². The molecule has 0 atom stereocenters. The Kier molecular flexibility index (Phi) is 4.55. The molecule has 0 unspecified atom stereocenters. The Morgan fingerprint density at radius 2 is 1.89 bits per heavy atom. The second kappa shape index (κ2) is 7.21. The second-order valence-corrected chi connectivity index (χ2v) is 8.25. The average Bonchev–Trinajstić information content (AvgIpc) is 3.35. The molecule has 2 aliphatic heterocycles. The second-order valence-electron chi connectivity index (χ2n) is 8.25. The topological polar surface area (TPSA) is 37.2 Å². The molecule has 0 amide bonds. The Hall–Kier alpha value is -2.40. The number of fused-ring (bicyclic) bond motifs is 1. The van der Waals surface area contributed by atoms with Crippen molar-refractivity contribution >= 4 is 16.6 Å². The molecule has 0 saturated carbocycles. The summed E-state index contributed by atoms with van der Waals surface area (Å²) in [5, 5.41) is 1.23. The number of pyridine rings is 1. The average molecular weight is 376 g/mol. The van der Waals surface area contributed by atoms with Crippen LogP contribution in [0.2, 0.25) is 0 Å². The third-order valence-corrected chi connectivity index (χ3v) is 6.86. The van der Waals surface area contributed by atoms with E-state index in [1.807, 2.05) is 18.5 Å². The van der Waals surface area contributed by atoms with Gasteiger partial charge in [0.2, 0.25) is 0 Å². The van der Waals surface area contributed by atoms with Gasteiger partial charge in [0.05, 0.1) is 12.1 Å². The fourth-order valence-corrected chi connectivity index (χ4v) is 5.20. The number of hydrogen-bond donors (Lipinski definition) is 0. The minimum Gasteiger partial charge on any atom is -0.371 e. The minimum absolute atomic E-state index is 0.361. The van der Waals surface area contributed by atoms with Gasteiger partial charge in [-0.15, -0.1) is 0 Å². The van der Waals surface area contributed by atoms with Gasteiger partial charge < -0.3 is 9.47 Å². The zero-order valence-electron chi connectivity index (χ0n) is 16.7. The molecule has 0 aliphatic carbocycles. The fourth-order valence-electron chi connectivity index (χ4n) is 5.20. The summed E-state index contributed by atoms with van der Waals surface area (Å²) in [5.41, 5.74) is 2.77. The third kappa shape index (κ3) is 3.08. The first-order valence-electron chi connectivity index (χ1n) is 10.6.